The lowest BCUT2D eigenvalue weighted by Gasteiger charge is -2.48. The smallest absolute Gasteiger partial charge is 0.128 e. The van der Waals surface area contributed by atoms with E-state index in [2.05, 4.69) is 42.0 Å². The second-order valence-electron chi connectivity index (χ2n) is 6.27. The summed E-state index contributed by atoms with van der Waals surface area (Å²) in [4.78, 5) is 11.9. The monoisotopic (exact) mass is 310 g/mol. The fourth-order valence-corrected chi connectivity index (χ4v) is 3.41. The summed E-state index contributed by atoms with van der Waals surface area (Å²) >= 11 is 0. The third-order valence-electron chi connectivity index (χ3n) is 4.75. The van der Waals surface area contributed by atoms with Crippen molar-refractivity contribution >= 4 is 5.82 Å². The third kappa shape index (κ3) is 3.33. The zero-order valence-electron chi connectivity index (χ0n) is 13.3. The summed E-state index contributed by atoms with van der Waals surface area (Å²) in [5.41, 5.74) is 1.06. The molecule has 0 saturated carbocycles. The van der Waals surface area contributed by atoms with Gasteiger partial charge in [-0.2, -0.15) is 10.2 Å². The highest BCUT2D eigenvalue weighted by molar-refractivity contribution is 5.38. The first-order valence-electron chi connectivity index (χ1n) is 8.27. The minimum Gasteiger partial charge on any atom is -0.354 e. The van der Waals surface area contributed by atoms with Crippen LogP contribution >= 0.6 is 0 Å². The molecule has 2 aliphatic rings. The molecule has 0 aromatic carbocycles. The Kier molecular flexibility index (Phi) is 4.17. The van der Waals surface area contributed by atoms with E-state index in [4.69, 9.17) is 0 Å². The first kappa shape index (κ1) is 14.5. The predicted octanol–water partition coefficient (Wildman–Crippen LogP) is 0.878. The van der Waals surface area contributed by atoms with Crippen LogP contribution in [0.15, 0.2) is 42.7 Å². The maximum Gasteiger partial charge on any atom is 0.128 e. The Morgan fingerprint density at radius 3 is 2.52 bits per heavy atom. The Morgan fingerprint density at radius 1 is 0.957 bits per heavy atom. The highest BCUT2D eigenvalue weighted by Gasteiger charge is 2.33. The molecular formula is C17H22N6. The number of aromatic nitrogens is 3. The molecule has 0 N–H and O–H groups in total. The number of pyridine rings is 1. The van der Waals surface area contributed by atoms with Gasteiger partial charge in [0.25, 0.3) is 0 Å². The highest BCUT2D eigenvalue weighted by atomic mass is 15.4. The zero-order chi connectivity index (χ0) is 15.5. The van der Waals surface area contributed by atoms with E-state index in [0.717, 1.165) is 57.3 Å². The van der Waals surface area contributed by atoms with Crippen molar-refractivity contribution in [1.82, 2.24) is 25.0 Å². The quantitative estimate of drug-likeness (QED) is 0.835. The lowest BCUT2D eigenvalue weighted by Crippen LogP contribution is -2.62. The number of piperazine rings is 1. The SMILES string of the molecule is c1ccc(N2CCN(C3CN(Cc4cccnn4)C3)CC2)nc1. The van der Waals surface area contributed by atoms with E-state index in [1.807, 2.05) is 24.4 Å². The predicted molar refractivity (Wildman–Crippen MR) is 89.1 cm³/mol. The van der Waals surface area contributed by atoms with Crippen LogP contribution in [0.2, 0.25) is 0 Å². The summed E-state index contributed by atoms with van der Waals surface area (Å²) in [6, 6.07) is 10.8. The number of rotatable bonds is 4. The van der Waals surface area contributed by atoms with Crippen molar-refractivity contribution in [3.63, 3.8) is 0 Å². The second kappa shape index (κ2) is 6.60. The van der Waals surface area contributed by atoms with Crippen LogP contribution in [0.25, 0.3) is 0 Å². The van der Waals surface area contributed by atoms with E-state index in [0.29, 0.717) is 6.04 Å². The molecule has 0 radical (unpaired) electrons. The van der Waals surface area contributed by atoms with E-state index in [9.17, 15) is 0 Å². The molecule has 2 fully saturated rings. The van der Waals surface area contributed by atoms with Crippen LogP contribution in [0.3, 0.4) is 0 Å². The maximum atomic E-state index is 4.45. The van der Waals surface area contributed by atoms with Gasteiger partial charge >= 0.3 is 0 Å². The molecular weight excluding hydrogens is 288 g/mol. The van der Waals surface area contributed by atoms with Crippen molar-refractivity contribution in [3.8, 4) is 0 Å². The minimum absolute atomic E-state index is 0.692. The number of hydrogen-bond donors (Lipinski definition) is 0. The topological polar surface area (TPSA) is 48.4 Å². The van der Waals surface area contributed by atoms with Gasteiger partial charge in [-0.15, -0.1) is 0 Å². The fraction of sp³-hybridized carbons (Fsp3) is 0.471. The minimum atomic E-state index is 0.692. The van der Waals surface area contributed by atoms with Gasteiger partial charge < -0.3 is 4.90 Å². The molecule has 2 aliphatic heterocycles. The van der Waals surface area contributed by atoms with Gasteiger partial charge in [-0.05, 0) is 24.3 Å². The van der Waals surface area contributed by atoms with E-state index < -0.39 is 0 Å². The van der Waals surface area contributed by atoms with Gasteiger partial charge in [0, 0.05) is 64.2 Å². The van der Waals surface area contributed by atoms with Gasteiger partial charge in [-0.25, -0.2) is 4.98 Å². The molecule has 2 aromatic heterocycles. The Labute approximate surface area is 136 Å². The van der Waals surface area contributed by atoms with Crippen molar-refractivity contribution in [2.24, 2.45) is 0 Å². The van der Waals surface area contributed by atoms with E-state index in [1.165, 1.54) is 0 Å². The summed E-state index contributed by atoms with van der Waals surface area (Å²) in [7, 11) is 0. The zero-order valence-corrected chi connectivity index (χ0v) is 13.3. The van der Waals surface area contributed by atoms with Crippen LogP contribution < -0.4 is 4.90 Å². The molecule has 4 rings (SSSR count). The molecule has 0 bridgehead atoms. The van der Waals surface area contributed by atoms with Gasteiger partial charge in [0.05, 0.1) is 5.69 Å². The molecule has 2 saturated heterocycles. The molecule has 2 aromatic rings. The Balaban J connectivity index is 1.23. The largest absolute Gasteiger partial charge is 0.354 e. The fourth-order valence-electron chi connectivity index (χ4n) is 3.41. The van der Waals surface area contributed by atoms with Crippen LogP contribution in [0.4, 0.5) is 5.82 Å². The van der Waals surface area contributed by atoms with Crippen LogP contribution in [0.1, 0.15) is 5.69 Å². The maximum absolute atomic E-state index is 4.45. The van der Waals surface area contributed by atoms with Gasteiger partial charge in [-0.3, -0.25) is 9.80 Å². The number of nitrogens with zero attached hydrogens (tertiary/aromatic N) is 6. The molecule has 0 amide bonds. The van der Waals surface area contributed by atoms with Crippen molar-refractivity contribution < 1.29 is 0 Å². The van der Waals surface area contributed by atoms with Gasteiger partial charge in [-0.1, -0.05) is 6.07 Å². The summed E-state index contributed by atoms with van der Waals surface area (Å²) in [5.74, 6) is 1.10. The Morgan fingerprint density at radius 2 is 1.83 bits per heavy atom. The molecule has 120 valence electrons. The van der Waals surface area contributed by atoms with Gasteiger partial charge in [0.15, 0.2) is 0 Å². The van der Waals surface area contributed by atoms with Crippen molar-refractivity contribution in [3.05, 3.63) is 48.4 Å². The summed E-state index contributed by atoms with van der Waals surface area (Å²) in [6.07, 6.45) is 3.60. The number of hydrogen-bond acceptors (Lipinski definition) is 6. The first-order chi connectivity index (χ1) is 11.4. The third-order valence-corrected chi connectivity index (χ3v) is 4.75. The summed E-state index contributed by atoms with van der Waals surface area (Å²) in [5, 5.41) is 8.11. The Bertz CT molecular complexity index is 605. The summed E-state index contributed by atoms with van der Waals surface area (Å²) in [6.45, 7) is 7.58. The van der Waals surface area contributed by atoms with Gasteiger partial charge in [0.2, 0.25) is 0 Å². The average molecular weight is 310 g/mol. The van der Waals surface area contributed by atoms with Crippen LogP contribution in [0.5, 0.6) is 0 Å². The van der Waals surface area contributed by atoms with Crippen LogP contribution in [-0.4, -0.2) is 70.3 Å². The number of likely N-dealkylation sites (tertiary alicyclic amines) is 1. The molecule has 6 heteroatoms. The van der Waals surface area contributed by atoms with E-state index in [-0.39, 0.29) is 0 Å². The normalized spacial score (nSPS) is 20.4. The summed E-state index contributed by atoms with van der Waals surface area (Å²) < 4.78 is 0. The molecule has 0 atom stereocenters. The lowest BCUT2D eigenvalue weighted by atomic mass is 10.1. The molecule has 0 unspecified atom stereocenters. The van der Waals surface area contributed by atoms with Crippen LogP contribution in [0, 0.1) is 0 Å². The van der Waals surface area contributed by atoms with Crippen molar-refractivity contribution in [2.75, 3.05) is 44.2 Å². The lowest BCUT2D eigenvalue weighted by molar-refractivity contribution is 0.0246. The highest BCUT2D eigenvalue weighted by Crippen LogP contribution is 2.20. The Hall–Kier alpha value is -2.05. The first-order valence-corrected chi connectivity index (χ1v) is 8.27. The van der Waals surface area contributed by atoms with Gasteiger partial charge in [0.1, 0.15) is 5.82 Å². The molecule has 0 spiro atoms. The number of anilines is 1. The molecule has 0 aliphatic carbocycles. The van der Waals surface area contributed by atoms with Crippen molar-refractivity contribution in [1.29, 1.82) is 0 Å². The second-order valence-corrected chi connectivity index (χ2v) is 6.27. The molecule has 23 heavy (non-hydrogen) atoms. The van der Waals surface area contributed by atoms with E-state index in [1.54, 1.807) is 6.20 Å². The van der Waals surface area contributed by atoms with E-state index >= 15 is 0 Å². The molecule has 6 nitrogen and oxygen atoms in total. The standard InChI is InChI=1S/C17H22N6/c1-2-6-18-17(5-1)23-10-8-22(9-11-23)16-13-21(14-16)12-15-4-3-7-19-20-15/h1-7,16H,8-14H2. The van der Waals surface area contributed by atoms with Crippen LogP contribution in [-0.2, 0) is 6.54 Å². The molecule has 4 heterocycles. The van der Waals surface area contributed by atoms with Crippen molar-refractivity contribution in [2.45, 2.75) is 12.6 Å². The average Bonchev–Trinajstić information content (AvgIpc) is 2.60.